The predicted octanol–water partition coefficient (Wildman–Crippen LogP) is 6.28. The Balaban J connectivity index is 0.858. The number of carbonyl (C=O) groups is 4. The number of nitrogens with one attached hydrogen (secondary N) is 1. The maximum Gasteiger partial charge on any atom is 0.262 e. The minimum absolute atomic E-state index is 0.103. The minimum atomic E-state index is -0.961. The van der Waals surface area contributed by atoms with Crippen LogP contribution in [0.5, 0.6) is 0 Å². The van der Waals surface area contributed by atoms with Crippen molar-refractivity contribution in [3.63, 3.8) is 0 Å². The summed E-state index contributed by atoms with van der Waals surface area (Å²) in [5.74, 6) is 0.170. The summed E-state index contributed by atoms with van der Waals surface area (Å²) in [5, 5.41) is 6.49. The monoisotopic (exact) mass is 726 g/mol. The largest absolute Gasteiger partial charge is 0.368 e. The van der Waals surface area contributed by atoms with Gasteiger partial charge < -0.3 is 14.3 Å². The molecule has 3 aromatic carbocycles. The summed E-state index contributed by atoms with van der Waals surface area (Å²) in [5.41, 5.74) is 9.77. The van der Waals surface area contributed by atoms with Gasteiger partial charge in [0.1, 0.15) is 11.8 Å². The highest BCUT2D eigenvalue weighted by Gasteiger charge is 2.45. The van der Waals surface area contributed by atoms with Crippen LogP contribution in [0.4, 0.5) is 17.1 Å². The quantitative estimate of drug-likeness (QED) is 0.199. The van der Waals surface area contributed by atoms with E-state index in [9.17, 15) is 19.2 Å². The number of benzene rings is 3. The fraction of sp³-hybridized carbons (Fsp3) is 0.419. The first-order valence-corrected chi connectivity index (χ1v) is 19.4. The molecule has 9 rings (SSSR count). The highest BCUT2D eigenvalue weighted by atomic mass is 16.5. The molecule has 4 fully saturated rings. The first-order chi connectivity index (χ1) is 26.1. The second-order valence-corrected chi connectivity index (χ2v) is 15.9. The summed E-state index contributed by atoms with van der Waals surface area (Å²) in [6, 6.07) is 20.8. The average Bonchev–Trinajstić information content (AvgIpc) is 3.91. The van der Waals surface area contributed by atoms with Gasteiger partial charge in [-0.15, -0.1) is 0 Å². The van der Waals surface area contributed by atoms with Gasteiger partial charge in [-0.05, 0) is 131 Å². The molecule has 1 aromatic heterocycles. The molecule has 1 aliphatic carbocycles. The standard InChI is InChI=1S/C43H46N6O5/c1-25-4-5-31(40-26(2)45-54-27(40)3)20-38(25)48(32-10-8-30(9-11-32)29-6-7-29)22-28-16-18-46(19-17-28)34-23-47(24-34)33-12-13-35-36(21-33)43(53)49(42(35)52)37-14-15-39(50)44-41(37)51/h4-5,8-13,20-21,28-29,34,37H,6-7,14-19,22-24H2,1-3H3,(H,44,50,51). The molecule has 3 saturated heterocycles. The minimum Gasteiger partial charge on any atom is -0.368 e. The van der Waals surface area contributed by atoms with E-state index in [1.807, 2.05) is 19.9 Å². The number of aromatic nitrogens is 1. The predicted molar refractivity (Wildman–Crippen MR) is 205 cm³/mol. The van der Waals surface area contributed by atoms with Gasteiger partial charge in [-0.25, -0.2) is 0 Å². The van der Waals surface area contributed by atoms with Gasteiger partial charge in [-0.3, -0.25) is 34.3 Å². The van der Waals surface area contributed by atoms with Crippen molar-refractivity contribution >= 4 is 40.7 Å². The summed E-state index contributed by atoms with van der Waals surface area (Å²) >= 11 is 0. The Labute approximate surface area is 315 Å². The summed E-state index contributed by atoms with van der Waals surface area (Å²) < 4.78 is 5.54. The summed E-state index contributed by atoms with van der Waals surface area (Å²) in [7, 11) is 0. The highest BCUT2D eigenvalue weighted by molar-refractivity contribution is 6.23. The van der Waals surface area contributed by atoms with Gasteiger partial charge in [0.25, 0.3) is 11.8 Å². The Bertz CT molecular complexity index is 2140. The fourth-order valence-corrected chi connectivity index (χ4v) is 8.95. The molecular weight excluding hydrogens is 681 g/mol. The molecule has 1 saturated carbocycles. The molecule has 1 N–H and O–H groups in total. The molecule has 1 unspecified atom stereocenters. The van der Waals surface area contributed by atoms with Gasteiger partial charge in [0.15, 0.2) is 0 Å². The second-order valence-electron chi connectivity index (χ2n) is 15.9. The maximum atomic E-state index is 13.4. The number of rotatable bonds is 9. The Morgan fingerprint density at radius 1 is 0.833 bits per heavy atom. The van der Waals surface area contributed by atoms with Gasteiger partial charge in [0, 0.05) is 54.7 Å². The van der Waals surface area contributed by atoms with E-state index in [1.165, 1.54) is 35.3 Å². The summed E-state index contributed by atoms with van der Waals surface area (Å²) in [6.45, 7) is 10.9. The lowest BCUT2D eigenvalue weighted by atomic mass is 9.92. The lowest BCUT2D eigenvalue weighted by Crippen LogP contribution is -2.61. The van der Waals surface area contributed by atoms with Crippen LogP contribution < -0.4 is 15.1 Å². The van der Waals surface area contributed by atoms with E-state index in [0.29, 0.717) is 29.0 Å². The number of nitrogens with zero attached hydrogens (tertiary/aromatic N) is 5. The van der Waals surface area contributed by atoms with Crippen molar-refractivity contribution in [2.75, 3.05) is 42.5 Å². The number of carbonyl (C=O) groups excluding carboxylic acids is 4. The lowest BCUT2D eigenvalue weighted by Gasteiger charge is -2.49. The molecule has 54 heavy (non-hydrogen) atoms. The van der Waals surface area contributed by atoms with Crippen LogP contribution in [0.3, 0.4) is 0 Å². The normalized spacial score (nSPS) is 21.1. The van der Waals surface area contributed by atoms with Crippen LogP contribution in [0.15, 0.2) is 65.2 Å². The van der Waals surface area contributed by atoms with Gasteiger partial charge in [-0.2, -0.15) is 0 Å². The zero-order valence-electron chi connectivity index (χ0n) is 31.1. The third kappa shape index (κ3) is 6.18. The van der Waals surface area contributed by atoms with Crippen LogP contribution in [0.25, 0.3) is 11.1 Å². The first-order valence-electron chi connectivity index (χ1n) is 19.4. The number of hydrogen-bond acceptors (Lipinski definition) is 9. The SMILES string of the molecule is Cc1ccc(-c2c(C)noc2C)cc1N(CC1CCN(C2CN(c3ccc4c(c3)C(=O)N(C3CCC(=O)NC3=O)C4=O)C2)CC1)c1ccc(C2CC2)cc1. The number of imide groups is 2. The Kier molecular flexibility index (Phi) is 8.64. The van der Waals surface area contributed by atoms with Crippen LogP contribution in [0.1, 0.15) is 87.7 Å². The number of aryl methyl sites for hydroxylation is 3. The molecular formula is C43H46N6O5. The number of hydrogen-bond donors (Lipinski definition) is 1. The van der Waals surface area contributed by atoms with Crippen LogP contribution in [-0.2, 0) is 9.59 Å². The van der Waals surface area contributed by atoms with E-state index in [1.54, 1.807) is 12.1 Å². The zero-order valence-corrected chi connectivity index (χ0v) is 31.1. The van der Waals surface area contributed by atoms with E-state index in [-0.39, 0.29) is 18.7 Å². The van der Waals surface area contributed by atoms with Gasteiger partial charge >= 0.3 is 0 Å². The molecule has 5 heterocycles. The van der Waals surface area contributed by atoms with Gasteiger partial charge in [0.2, 0.25) is 11.8 Å². The van der Waals surface area contributed by atoms with Crippen molar-refractivity contribution in [3.8, 4) is 11.1 Å². The van der Waals surface area contributed by atoms with Crippen molar-refractivity contribution in [2.24, 2.45) is 5.92 Å². The second kappa shape index (κ2) is 13.5. The van der Waals surface area contributed by atoms with E-state index in [4.69, 9.17) is 4.52 Å². The van der Waals surface area contributed by atoms with E-state index in [0.717, 1.165) is 78.7 Å². The third-order valence-corrected chi connectivity index (χ3v) is 12.3. The van der Waals surface area contributed by atoms with Crippen molar-refractivity contribution in [1.29, 1.82) is 0 Å². The average molecular weight is 727 g/mol. The van der Waals surface area contributed by atoms with E-state index >= 15 is 0 Å². The first kappa shape index (κ1) is 34.5. The van der Waals surface area contributed by atoms with E-state index < -0.39 is 23.8 Å². The molecule has 278 valence electrons. The number of fused-ring (bicyclic) bond motifs is 1. The molecule has 0 radical (unpaired) electrons. The van der Waals surface area contributed by atoms with Crippen molar-refractivity contribution in [1.82, 2.24) is 20.3 Å². The third-order valence-electron chi connectivity index (χ3n) is 12.3. The van der Waals surface area contributed by atoms with Gasteiger partial charge in [0.05, 0.1) is 16.8 Å². The lowest BCUT2D eigenvalue weighted by molar-refractivity contribution is -0.136. The molecule has 11 heteroatoms. The molecule has 5 aliphatic rings. The maximum absolute atomic E-state index is 13.4. The number of piperidine rings is 2. The smallest absolute Gasteiger partial charge is 0.262 e. The number of amides is 4. The van der Waals surface area contributed by atoms with Crippen molar-refractivity contribution in [3.05, 3.63) is 94.4 Å². The number of likely N-dealkylation sites (tertiary alicyclic amines) is 1. The number of anilines is 3. The van der Waals surface area contributed by atoms with Crippen molar-refractivity contribution < 1.29 is 23.7 Å². The van der Waals surface area contributed by atoms with Crippen LogP contribution in [0.2, 0.25) is 0 Å². The van der Waals surface area contributed by atoms with Crippen molar-refractivity contribution in [2.45, 2.75) is 77.3 Å². The molecule has 4 aliphatic heterocycles. The molecule has 4 amide bonds. The zero-order chi connectivity index (χ0) is 37.2. The molecule has 11 nitrogen and oxygen atoms in total. The van der Waals surface area contributed by atoms with E-state index in [2.05, 4.69) is 74.6 Å². The Morgan fingerprint density at radius 2 is 1.57 bits per heavy atom. The fourth-order valence-electron chi connectivity index (χ4n) is 8.95. The Hall–Kier alpha value is -5.29. The van der Waals surface area contributed by atoms with Crippen LogP contribution >= 0.6 is 0 Å². The topological polar surface area (TPSA) is 119 Å². The van der Waals surface area contributed by atoms with Gasteiger partial charge in [-0.1, -0.05) is 29.4 Å². The van der Waals surface area contributed by atoms with Crippen LogP contribution in [0, 0.1) is 26.7 Å². The molecule has 1 atom stereocenters. The highest BCUT2D eigenvalue weighted by Crippen LogP contribution is 2.42. The summed E-state index contributed by atoms with van der Waals surface area (Å²) in [4.78, 5) is 59.1. The molecule has 0 bridgehead atoms. The van der Waals surface area contributed by atoms with Crippen LogP contribution in [-0.4, -0.2) is 83.4 Å². The molecule has 4 aromatic rings. The Morgan fingerprint density at radius 3 is 2.26 bits per heavy atom. The summed E-state index contributed by atoms with van der Waals surface area (Å²) in [6.07, 6.45) is 5.06. The molecule has 0 spiro atoms.